The van der Waals surface area contributed by atoms with Gasteiger partial charge in [-0.3, -0.25) is 4.79 Å². The normalized spacial score (nSPS) is 10.4. The van der Waals surface area contributed by atoms with Gasteiger partial charge < -0.3 is 20.1 Å². The number of ether oxygens (including phenoxy) is 1. The van der Waals surface area contributed by atoms with Crippen LogP contribution in [0, 0.1) is 11.3 Å². The number of hydrogen-bond donors (Lipinski definition) is 3. The number of anilines is 1. The number of nitrogens with zero attached hydrogens (tertiary/aromatic N) is 1. The largest absolute Gasteiger partial charge is 0.489 e. The van der Waals surface area contributed by atoms with Crippen LogP contribution in [0.25, 0.3) is 10.9 Å². The quantitative estimate of drug-likeness (QED) is 0.430. The molecule has 0 atom stereocenters. The first-order valence-electron chi connectivity index (χ1n) is 9.42. The van der Waals surface area contributed by atoms with E-state index >= 15 is 0 Å². The lowest BCUT2D eigenvalue weighted by Crippen LogP contribution is -2.15. The van der Waals surface area contributed by atoms with Gasteiger partial charge in [0.05, 0.1) is 22.9 Å². The monoisotopic (exact) mass is 411 g/mol. The van der Waals surface area contributed by atoms with E-state index in [0.29, 0.717) is 17.9 Å². The van der Waals surface area contributed by atoms with Crippen molar-refractivity contribution in [1.82, 2.24) is 4.98 Å². The van der Waals surface area contributed by atoms with Crippen molar-refractivity contribution in [3.8, 4) is 11.8 Å². The third-order valence-corrected chi connectivity index (χ3v) is 4.71. The molecule has 152 valence electrons. The molecule has 0 aliphatic heterocycles. The van der Waals surface area contributed by atoms with Crippen molar-refractivity contribution in [3.05, 3.63) is 95.2 Å². The zero-order valence-corrected chi connectivity index (χ0v) is 16.3. The standard InChI is InChI=1S/C24H17N3O4/c25-13-16-6-9-20(19(10-16)24(29)30)27-23(28)22-11-17-7-8-18(12-21(17)26-22)31-14-15-4-2-1-3-5-15/h1-12,26H,14H2,(H,27,28)(H,29,30). The van der Waals surface area contributed by atoms with Gasteiger partial charge in [0.2, 0.25) is 0 Å². The summed E-state index contributed by atoms with van der Waals surface area (Å²) in [5.41, 5.74) is 2.20. The van der Waals surface area contributed by atoms with Crippen LogP contribution in [-0.4, -0.2) is 22.0 Å². The first kappa shape index (κ1) is 19.7. The van der Waals surface area contributed by atoms with Crippen molar-refractivity contribution in [2.45, 2.75) is 6.61 Å². The Bertz CT molecular complexity index is 1320. The second-order valence-corrected chi connectivity index (χ2v) is 6.84. The summed E-state index contributed by atoms with van der Waals surface area (Å²) >= 11 is 0. The highest BCUT2D eigenvalue weighted by Crippen LogP contribution is 2.24. The summed E-state index contributed by atoms with van der Waals surface area (Å²) in [6.07, 6.45) is 0. The first-order valence-corrected chi connectivity index (χ1v) is 9.42. The van der Waals surface area contributed by atoms with Crippen molar-refractivity contribution in [1.29, 1.82) is 5.26 Å². The second kappa shape index (κ2) is 8.43. The Hall–Kier alpha value is -4.57. The summed E-state index contributed by atoms with van der Waals surface area (Å²) in [6, 6.07) is 22.9. The molecule has 0 aliphatic rings. The maximum Gasteiger partial charge on any atom is 0.337 e. The molecule has 0 saturated heterocycles. The Morgan fingerprint density at radius 3 is 2.58 bits per heavy atom. The van der Waals surface area contributed by atoms with Crippen LogP contribution in [0.3, 0.4) is 0 Å². The van der Waals surface area contributed by atoms with Gasteiger partial charge in [0.1, 0.15) is 18.1 Å². The molecule has 0 spiro atoms. The fourth-order valence-corrected chi connectivity index (χ4v) is 3.15. The van der Waals surface area contributed by atoms with E-state index in [-0.39, 0.29) is 22.5 Å². The lowest BCUT2D eigenvalue weighted by Gasteiger charge is -2.08. The third kappa shape index (κ3) is 4.38. The van der Waals surface area contributed by atoms with Crippen LogP contribution in [0.4, 0.5) is 5.69 Å². The summed E-state index contributed by atoms with van der Waals surface area (Å²) in [5, 5.41) is 21.7. The minimum absolute atomic E-state index is 0.113. The molecule has 4 rings (SSSR count). The topological polar surface area (TPSA) is 115 Å². The highest BCUT2D eigenvalue weighted by molar-refractivity contribution is 6.09. The van der Waals surface area contributed by atoms with Gasteiger partial charge in [-0.05, 0) is 42.0 Å². The number of fused-ring (bicyclic) bond motifs is 1. The van der Waals surface area contributed by atoms with Gasteiger partial charge in [0.25, 0.3) is 5.91 Å². The third-order valence-electron chi connectivity index (χ3n) is 4.71. The van der Waals surface area contributed by atoms with Gasteiger partial charge in [-0.2, -0.15) is 5.26 Å². The van der Waals surface area contributed by atoms with E-state index in [9.17, 15) is 14.7 Å². The van der Waals surface area contributed by atoms with Gasteiger partial charge in [-0.1, -0.05) is 30.3 Å². The Morgan fingerprint density at radius 1 is 1.03 bits per heavy atom. The second-order valence-electron chi connectivity index (χ2n) is 6.84. The van der Waals surface area contributed by atoms with Crippen LogP contribution in [-0.2, 0) is 6.61 Å². The number of hydrogen-bond acceptors (Lipinski definition) is 4. The summed E-state index contributed by atoms with van der Waals surface area (Å²) < 4.78 is 5.82. The SMILES string of the molecule is N#Cc1ccc(NC(=O)c2cc3ccc(OCc4ccccc4)cc3[nH]2)c(C(=O)O)c1. The summed E-state index contributed by atoms with van der Waals surface area (Å²) in [7, 11) is 0. The van der Waals surface area contributed by atoms with Crippen molar-refractivity contribution in [2.24, 2.45) is 0 Å². The molecule has 1 heterocycles. The molecule has 0 radical (unpaired) electrons. The van der Waals surface area contributed by atoms with Crippen molar-refractivity contribution < 1.29 is 19.4 Å². The van der Waals surface area contributed by atoms with Crippen LogP contribution in [0.2, 0.25) is 0 Å². The number of aromatic nitrogens is 1. The molecule has 3 N–H and O–H groups in total. The molecule has 7 heteroatoms. The molecule has 0 unspecified atom stereocenters. The summed E-state index contributed by atoms with van der Waals surface area (Å²) in [4.78, 5) is 27.2. The highest BCUT2D eigenvalue weighted by atomic mass is 16.5. The van der Waals surface area contributed by atoms with Gasteiger partial charge in [-0.15, -0.1) is 0 Å². The summed E-state index contributed by atoms with van der Waals surface area (Å²) in [5.74, 6) is -1.06. The Kier molecular flexibility index (Phi) is 5.37. The van der Waals surface area contributed by atoms with Crippen LogP contribution in [0.15, 0.2) is 72.8 Å². The number of aromatic amines is 1. The van der Waals surface area contributed by atoms with Gasteiger partial charge in [-0.25, -0.2) is 4.79 Å². The number of benzene rings is 3. The molecule has 1 aromatic heterocycles. The Morgan fingerprint density at radius 2 is 1.84 bits per heavy atom. The molecule has 0 aliphatic carbocycles. The fraction of sp³-hybridized carbons (Fsp3) is 0.0417. The predicted molar refractivity (Wildman–Crippen MR) is 115 cm³/mol. The molecular formula is C24H17N3O4. The van der Waals surface area contributed by atoms with E-state index in [4.69, 9.17) is 10.00 Å². The minimum Gasteiger partial charge on any atom is -0.489 e. The van der Waals surface area contributed by atoms with E-state index in [2.05, 4.69) is 10.3 Å². The number of amides is 1. The fourth-order valence-electron chi connectivity index (χ4n) is 3.15. The molecule has 1 amide bonds. The van der Waals surface area contributed by atoms with E-state index in [1.54, 1.807) is 12.1 Å². The van der Waals surface area contributed by atoms with Crippen LogP contribution in [0.1, 0.15) is 32.0 Å². The molecule has 4 aromatic rings. The number of aromatic carboxylic acids is 1. The molecule has 0 bridgehead atoms. The van der Waals surface area contributed by atoms with Crippen LogP contribution >= 0.6 is 0 Å². The molecule has 0 saturated carbocycles. The Balaban J connectivity index is 1.53. The average molecular weight is 411 g/mol. The molecule has 7 nitrogen and oxygen atoms in total. The van der Waals surface area contributed by atoms with Crippen LogP contribution < -0.4 is 10.1 Å². The predicted octanol–water partition coefficient (Wildman–Crippen LogP) is 4.57. The van der Waals surface area contributed by atoms with Crippen LogP contribution in [0.5, 0.6) is 5.75 Å². The minimum atomic E-state index is -1.23. The number of H-pyrrole nitrogens is 1. The summed E-state index contributed by atoms with van der Waals surface area (Å²) in [6.45, 7) is 0.428. The maximum absolute atomic E-state index is 12.7. The molecular weight excluding hydrogens is 394 g/mol. The Labute approximate surface area is 177 Å². The number of nitriles is 1. The molecule has 31 heavy (non-hydrogen) atoms. The van der Waals surface area contributed by atoms with E-state index in [1.165, 1.54) is 18.2 Å². The molecule has 3 aromatic carbocycles. The number of carbonyl (C=O) groups excluding carboxylic acids is 1. The number of carbonyl (C=O) groups is 2. The van der Waals surface area contributed by atoms with E-state index < -0.39 is 11.9 Å². The van der Waals surface area contributed by atoms with E-state index in [0.717, 1.165) is 10.9 Å². The average Bonchev–Trinajstić information content (AvgIpc) is 3.22. The maximum atomic E-state index is 12.7. The zero-order valence-electron chi connectivity index (χ0n) is 16.3. The highest BCUT2D eigenvalue weighted by Gasteiger charge is 2.16. The lowest BCUT2D eigenvalue weighted by molar-refractivity contribution is 0.0698. The first-order chi connectivity index (χ1) is 15.0. The van der Waals surface area contributed by atoms with Crippen molar-refractivity contribution >= 4 is 28.5 Å². The molecule has 0 fully saturated rings. The van der Waals surface area contributed by atoms with Gasteiger partial charge in [0, 0.05) is 17.0 Å². The number of rotatable bonds is 6. The number of carboxylic acids is 1. The van der Waals surface area contributed by atoms with Crippen molar-refractivity contribution in [2.75, 3.05) is 5.32 Å². The van der Waals surface area contributed by atoms with Crippen molar-refractivity contribution in [3.63, 3.8) is 0 Å². The zero-order chi connectivity index (χ0) is 21.8. The number of nitrogens with one attached hydrogen (secondary N) is 2. The number of carboxylic acid groups (broad SMARTS) is 1. The van der Waals surface area contributed by atoms with E-state index in [1.807, 2.05) is 48.5 Å². The smallest absolute Gasteiger partial charge is 0.337 e. The lowest BCUT2D eigenvalue weighted by atomic mass is 10.1. The van der Waals surface area contributed by atoms with Gasteiger partial charge in [0.15, 0.2) is 0 Å². The van der Waals surface area contributed by atoms with Gasteiger partial charge >= 0.3 is 5.97 Å².